The third kappa shape index (κ3) is 5.51. The van der Waals surface area contributed by atoms with Gasteiger partial charge in [0.05, 0.1) is 7.11 Å². The van der Waals surface area contributed by atoms with Crippen LogP contribution in [0.3, 0.4) is 0 Å². The first-order valence-corrected chi connectivity index (χ1v) is 9.01. The van der Waals surface area contributed by atoms with Gasteiger partial charge in [0.15, 0.2) is 0 Å². The maximum atomic E-state index is 12.6. The highest BCUT2D eigenvalue weighted by molar-refractivity contribution is 7.89. The Labute approximate surface area is 138 Å². The zero-order valence-corrected chi connectivity index (χ0v) is 15.4. The number of hydrogen-bond donors (Lipinski definition) is 2. The van der Waals surface area contributed by atoms with E-state index in [-0.39, 0.29) is 28.2 Å². The number of benzene rings is 1. The summed E-state index contributed by atoms with van der Waals surface area (Å²) in [4.78, 5) is 12.2. The van der Waals surface area contributed by atoms with E-state index >= 15 is 0 Å². The smallest absolute Gasteiger partial charge is 0.251 e. The fraction of sp³-hybridized carbons (Fsp3) is 0.562. The Bertz CT molecular complexity index is 663. The van der Waals surface area contributed by atoms with Crippen LogP contribution in [0.5, 0.6) is 5.75 Å². The van der Waals surface area contributed by atoms with Crippen molar-refractivity contribution in [3.63, 3.8) is 0 Å². The van der Waals surface area contributed by atoms with E-state index in [2.05, 4.69) is 10.0 Å². The molecule has 1 rings (SSSR count). The minimum atomic E-state index is -3.81. The van der Waals surface area contributed by atoms with E-state index in [1.165, 1.54) is 19.2 Å². The molecule has 0 radical (unpaired) electrons. The van der Waals surface area contributed by atoms with Gasteiger partial charge in [-0.1, -0.05) is 6.92 Å². The molecule has 0 aromatic heterocycles. The Morgan fingerprint density at radius 2 is 1.91 bits per heavy atom. The molecule has 1 atom stereocenters. The zero-order valence-electron chi connectivity index (χ0n) is 14.6. The Hall–Kier alpha value is -1.60. The number of sulfonamides is 1. The highest BCUT2D eigenvalue weighted by Crippen LogP contribution is 2.26. The molecular formula is C16H26N2O4S. The van der Waals surface area contributed by atoms with Crippen molar-refractivity contribution in [2.24, 2.45) is 0 Å². The summed E-state index contributed by atoms with van der Waals surface area (Å²) < 4.78 is 32.8. The van der Waals surface area contributed by atoms with Crippen LogP contribution < -0.4 is 14.8 Å². The molecule has 23 heavy (non-hydrogen) atoms. The number of methoxy groups -OCH3 is 1. The van der Waals surface area contributed by atoms with Gasteiger partial charge in [-0.3, -0.25) is 4.79 Å². The number of rotatable bonds is 6. The summed E-state index contributed by atoms with van der Waals surface area (Å²) in [6.45, 7) is 9.09. The summed E-state index contributed by atoms with van der Waals surface area (Å²) in [7, 11) is -2.41. The number of carbonyl (C=O) groups is 1. The number of carbonyl (C=O) groups excluding carboxylic acids is 1. The molecule has 0 spiro atoms. The molecule has 130 valence electrons. The second kappa shape index (κ2) is 7.31. The van der Waals surface area contributed by atoms with Gasteiger partial charge in [-0.2, -0.15) is 0 Å². The SMILES string of the molecule is CCC(C)NC(=O)c1ccc(OC)c(S(=O)(=O)NC(C)(C)C)c1. The quantitative estimate of drug-likeness (QED) is 0.831. The van der Waals surface area contributed by atoms with Crippen molar-refractivity contribution in [1.82, 2.24) is 10.0 Å². The molecule has 0 fully saturated rings. The topological polar surface area (TPSA) is 84.5 Å². The van der Waals surface area contributed by atoms with Crippen molar-refractivity contribution < 1.29 is 17.9 Å². The third-order valence-corrected chi connectivity index (χ3v) is 4.92. The predicted octanol–water partition coefficient (Wildman–Crippen LogP) is 2.30. The van der Waals surface area contributed by atoms with E-state index in [0.29, 0.717) is 0 Å². The molecule has 0 heterocycles. The van der Waals surface area contributed by atoms with Crippen molar-refractivity contribution in [3.05, 3.63) is 23.8 Å². The molecule has 0 aliphatic rings. The van der Waals surface area contributed by atoms with Gasteiger partial charge < -0.3 is 10.1 Å². The van der Waals surface area contributed by atoms with Crippen LogP contribution in [0.25, 0.3) is 0 Å². The number of ether oxygens (including phenoxy) is 1. The average molecular weight is 342 g/mol. The molecule has 0 bridgehead atoms. The normalized spacial score (nSPS) is 13.5. The summed E-state index contributed by atoms with van der Waals surface area (Å²) in [6, 6.07) is 4.39. The lowest BCUT2D eigenvalue weighted by Gasteiger charge is -2.21. The highest BCUT2D eigenvalue weighted by atomic mass is 32.2. The summed E-state index contributed by atoms with van der Waals surface area (Å²) in [5, 5.41) is 2.82. The summed E-state index contributed by atoms with van der Waals surface area (Å²) in [6.07, 6.45) is 0.790. The van der Waals surface area contributed by atoms with Crippen LogP contribution in [0.1, 0.15) is 51.4 Å². The molecule has 1 unspecified atom stereocenters. The molecule has 0 aliphatic heterocycles. The van der Waals surface area contributed by atoms with Gasteiger partial charge in [-0.25, -0.2) is 13.1 Å². The lowest BCUT2D eigenvalue weighted by atomic mass is 10.1. The largest absolute Gasteiger partial charge is 0.495 e. The molecular weight excluding hydrogens is 316 g/mol. The Morgan fingerprint density at radius 1 is 1.30 bits per heavy atom. The van der Waals surface area contributed by atoms with Gasteiger partial charge in [0.1, 0.15) is 10.6 Å². The van der Waals surface area contributed by atoms with Crippen molar-refractivity contribution in [2.45, 2.75) is 57.5 Å². The maximum Gasteiger partial charge on any atom is 0.251 e. The van der Waals surface area contributed by atoms with Crippen LogP contribution in [0.15, 0.2) is 23.1 Å². The maximum absolute atomic E-state index is 12.6. The minimum Gasteiger partial charge on any atom is -0.495 e. The number of nitrogens with one attached hydrogen (secondary N) is 2. The zero-order chi connectivity index (χ0) is 17.8. The van der Waals surface area contributed by atoms with Crippen LogP contribution in [0.2, 0.25) is 0 Å². The van der Waals surface area contributed by atoms with E-state index in [0.717, 1.165) is 6.42 Å². The standard InChI is InChI=1S/C16H26N2O4S/c1-7-11(2)17-15(19)12-8-9-13(22-6)14(10-12)23(20,21)18-16(3,4)5/h8-11,18H,7H2,1-6H3,(H,17,19). The molecule has 0 saturated carbocycles. The Balaban J connectivity index is 3.26. The van der Waals surface area contributed by atoms with Gasteiger partial charge >= 0.3 is 0 Å². The highest BCUT2D eigenvalue weighted by Gasteiger charge is 2.26. The van der Waals surface area contributed by atoms with Crippen LogP contribution in [-0.4, -0.2) is 33.0 Å². The first-order valence-electron chi connectivity index (χ1n) is 7.53. The van der Waals surface area contributed by atoms with Crippen LogP contribution in [-0.2, 0) is 10.0 Å². The molecule has 1 aromatic rings. The van der Waals surface area contributed by atoms with Crippen LogP contribution in [0.4, 0.5) is 0 Å². The summed E-state index contributed by atoms with van der Waals surface area (Å²) >= 11 is 0. The number of amides is 1. The predicted molar refractivity (Wildman–Crippen MR) is 90.3 cm³/mol. The number of hydrogen-bond acceptors (Lipinski definition) is 4. The van der Waals surface area contributed by atoms with Gasteiger partial charge in [-0.15, -0.1) is 0 Å². The monoisotopic (exact) mass is 342 g/mol. The van der Waals surface area contributed by atoms with Gasteiger partial charge in [0.25, 0.3) is 5.91 Å². The lowest BCUT2D eigenvalue weighted by Crippen LogP contribution is -2.40. The van der Waals surface area contributed by atoms with Gasteiger partial charge in [-0.05, 0) is 52.3 Å². The molecule has 0 saturated heterocycles. The molecule has 7 heteroatoms. The molecule has 1 aromatic carbocycles. The van der Waals surface area contributed by atoms with Crippen molar-refractivity contribution in [1.29, 1.82) is 0 Å². The third-order valence-electron chi connectivity index (χ3n) is 3.15. The van der Waals surface area contributed by atoms with Gasteiger partial charge in [0.2, 0.25) is 10.0 Å². The van der Waals surface area contributed by atoms with E-state index < -0.39 is 15.6 Å². The fourth-order valence-corrected chi connectivity index (χ4v) is 3.51. The average Bonchev–Trinajstić information content (AvgIpc) is 2.43. The first kappa shape index (κ1) is 19.4. The van der Waals surface area contributed by atoms with E-state index in [4.69, 9.17) is 4.74 Å². The Morgan fingerprint density at radius 3 is 2.39 bits per heavy atom. The Kier molecular flexibility index (Phi) is 6.18. The van der Waals surface area contributed by atoms with Gasteiger partial charge in [0, 0.05) is 17.1 Å². The van der Waals surface area contributed by atoms with E-state index in [1.807, 2.05) is 13.8 Å². The lowest BCUT2D eigenvalue weighted by molar-refractivity contribution is 0.0939. The first-order chi connectivity index (χ1) is 10.5. The molecule has 6 nitrogen and oxygen atoms in total. The van der Waals surface area contributed by atoms with E-state index in [9.17, 15) is 13.2 Å². The summed E-state index contributed by atoms with van der Waals surface area (Å²) in [5.74, 6) is -0.115. The second-order valence-electron chi connectivity index (χ2n) is 6.50. The van der Waals surface area contributed by atoms with Crippen LogP contribution >= 0.6 is 0 Å². The van der Waals surface area contributed by atoms with Crippen molar-refractivity contribution >= 4 is 15.9 Å². The molecule has 2 N–H and O–H groups in total. The molecule has 1 amide bonds. The minimum absolute atomic E-state index is 0.0114. The van der Waals surface area contributed by atoms with Crippen molar-refractivity contribution in [2.75, 3.05) is 7.11 Å². The van der Waals surface area contributed by atoms with Crippen LogP contribution in [0, 0.1) is 0 Å². The van der Waals surface area contributed by atoms with E-state index in [1.54, 1.807) is 26.8 Å². The second-order valence-corrected chi connectivity index (χ2v) is 8.15. The van der Waals surface area contributed by atoms with Crippen molar-refractivity contribution in [3.8, 4) is 5.75 Å². The molecule has 0 aliphatic carbocycles. The summed E-state index contributed by atoms with van der Waals surface area (Å²) in [5.41, 5.74) is -0.362. The fourth-order valence-electron chi connectivity index (χ4n) is 1.90.